The molecule has 0 spiro atoms. The molecular weight excluding hydrogens is 277 g/mol. The van der Waals surface area contributed by atoms with Gasteiger partial charge in [0.05, 0.1) is 5.56 Å². The van der Waals surface area contributed by atoms with Crippen LogP contribution in [0.5, 0.6) is 0 Å². The summed E-state index contributed by atoms with van der Waals surface area (Å²) in [7, 11) is 0. The Morgan fingerprint density at radius 2 is 2.00 bits per heavy atom. The van der Waals surface area contributed by atoms with Gasteiger partial charge in [-0.05, 0) is 30.9 Å². The van der Waals surface area contributed by atoms with E-state index in [-0.39, 0.29) is 6.04 Å². The number of nitrogens with one attached hydrogen (secondary N) is 1. The Morgan fingerprint density at radius 3 is 2.58 bits per heavy atom. The Hall–Kier alpha value is -0.970. The standard InChI is InChI=1S/C13H16ClF3N2/c14-7-9-3-1-2-4-11(9)19-12-6-5-10(8-18-12)13(15,16)17/h5-6,8-9,11H,1-4,7H2,(H,18,19). The van der Waals surface area contributed by atoms with Gasteiger partial charge in [0.2, 0.25) is 0 Å². The van der Waals surface area contributed by atoms with E-state index in [1.54, 1.807) is 0 Å². The van der Waals surface area contributed by atoms with Crippen LogP contribution in [0.1, 0.15) is 31.2 Å². The lowest BCUT2D eigenvalue weighted by Crippen LogP contribution is -2.33. The highest BCUT2D eigenvalue weighted by Gasteiger charge is 2.31. The van der Waals surface area contributed by atoms with Crippen LogP contribution in [-0.2, 0) is 6.18 Å². The first-order valence-corrected chi connectivity index (χ1v) is 6.90. The molecule has 0 saturated heterocycles. The lowest BCUT2D eigenvalue weighted by Gasteiger charge is -2.31. The number of pyridine rings is 1. The van der Waals surface area contributed by atoms with Crippen LogP contribution >= 0.6 is 11.6 Å². The van der Waals surface area contributed by atoms with E-state index in [4.69, 9.17) is 11.6 Å². The smallest absolute Gasteiger partial charge is 0.367 e. The van der Waals surface area contributed by atoms with E-state index in [0.717, 1.165) is 37.9 Å². The fourth-order valence-electron chi connectivity index (χ4n) is 2.42. The van der Waals surface area contributed by atoms with Gasteiger partial charge >= 0.3 is 6.18 Å². The summed E-state index contributed by atoms with van der Waals surface area (Å²) >= 11 is 5.92. The molecule has 1 aliphatic carbocycles. The molecule has 2 atom stereocenters. The van der Waals surface area contributed by atoms with Crippen molar-refractivity contribution in [2.75, 3.05) is 11.2 Å². The average molecular weight is 293 g/mol. The second-order valence-electron chi connectivity index (χ2n) is 4.88. The predicted molar refractivity (Wildman–Crippen MR) is 69.3 cm³/mol. The number of hydrogen-bond acceptors (Lipinski definition) is 2. The van der Waals surface area contributed by atoms with Crippen molar-refractivity contribution in [1.29, 1.82) is 0 Å². The molecule has 106 valence electrons. The van der Waals surface area contributed by atoms with Crippen molar-refractivity contribution in [2.24, 2.45) is 5.92 Å². The van der Waals surface area contributed by atoms with Crippen LogP contribution in [0, 0.1) is 5.92 Å². The van der Waals surface area contributed by atoms with Gasteiger partial charge in [0.25, 0.3) is 0 Å². The number of nitrogens with zero attached hydrogens (tertiary/aromatic N) is 1. The van der Waals surface area contributed by atoms with Crippen LogP contribution in [0.3, 0.4) is 0 Å². The normalized spacial score (nSPS) is 24.2. The van der Waals surface area contributed by atoms with Gasteiger partial charge in [0.15, 0.2) is 0 Å². The minimum Gasteiger partial charge on any atom is -0.367 e. The summed E-state index contributed by atoms with van der Waals surface area (Å²) in [5, 5.41) is 3.20. The van der Waals surface area contributed by atoms with Crippen molar-refractivity contribution < 1.29 is 13.2 Å². The first-order chi connectivity index (χ1) is 9.00. The maximum absolute atomic E-state index is 12.4. The molecule has 0 radical (unpaired) electrons. The zero-order chi connectivity index (χ0) is 13.9. The largest absolute Gasteiger partial charge is 0.417 e. The Bertz CT molecular complexity index is 405. The lowest BCUT2D eigenvalue weighted by atomic mass is 9.86. The van der Waals surface area contributed by atoms with Crippen molar-refractivity contribution in [2.45, 2.75) is 37.9 Å². The molecule has 0 aromatic carbocycles. The molecule has 1 aromatic rings. The molecule has 0 bridgehead atoms. The van der Waals surface area contributed by atoms with E-state index in [0.29, 0.717) is 17.6 Å². The van der Waals surface area contributed by atoms with Crippen LogP contribution in [-0.4, -0.2) is 16.9 Å². The lowest BCUT2D eigenvalue weighted by molar-refractivity contribution is -0.137. The zero-order valence-electron chi connectivity index (χ0n) is 10.4. The molecule has 6 heteroatoms. The number of halogens is 4. The quantitative estimate of drug-likeness (QED) is 0.840. The second-order valence-corrected chi connectivity index (χ2v) is 5.19. The van der Waals surface area contributed by atoms with E-state index in [2.05, 4.69) is 10.3 Å². The highest BCUT2D eigenvalue weighted by atomic mass is 35.5. The molecular formula is C13H16ClF3N2. The molecule has 1 aliphatic rings. The summed E-state index contributed by atoms with van der Waals surface area (Å²) in [6, 6.07) is 2.63. The molecule has 1 N–H and O–H groups in total. The van der Waals surface area contributed by atoms with Crippen molar-refractivity contribution >= 4 is 17.4 Å². The second kappa shape index (κ2) is 5.99. The molecule has 2 nitrogen and oxygen atoms in total. The monoisotopic (exact) mass is 292 g/mol. The maximum Gasteiger partial charge on any atom is 0.417 e. The van der Waals surface area contributed by atoms with Gasteiger partial charge in [-0.1, -0.05) is 12.8 Å². The Balaban J connectivity index is 2.02. The minimum atomic E-state index is -4.34. The van der Waals surface area contributed by atoms with Gasteiger partial charge in [-0.25, -0.2) is 4.98 Å². The molecule has 0 amide bonds. The topological polar surface area (TPSA) is 24.9 Å². The first kappa shape index (κ1) is 14.4. The highest BCUT2D eigenvalue weighted by Crippen LogP contribution is 2.30. The third kappa shape index (κ3) is 3.75. The van der Waals surface area contributed by atoms with E-state index < -0.39 is 11.7 Å². The van der Waals surface area contributed by atoms with E-state index in [9.17, 15) is 13.2 Å². The molecule has 2 unspecified atom stereocenters. The number of rotatable bonds is 3. The Kier molecular flexibility index (Phi) is 4.55. The fourth-order valence-corrected chi connectivity index (χ4v) is 2.79. The molecule has 1 fully saturated rings. The maximum atomic E-state index is 12.4. The van der Waals surface area contributed by atoms with Crippen LogP contribution < -0.4 is 5.32 Å². The van der Waals surface area contributed by atoms with Gasteiger partial charge in [0, 0.05) is 18.1 Å². The number of hydrogen-bond donors (Lipinski definition) is 1. The average Bonchev–Trinajstić information content (AvgIpc) is 2.39. The van der Waals surface area contributed by atoms with E-state index in [1.165, 1.54) is 6.07 Å². The van der Waals surface area contributed by atoms with Gasteiger partial charge in [-0.15, -0.1) is 11.6 Å². The SMILES string of the molecule is FC(F)(F)c1ccc(NC2CCCCC2CCl)nc1. The number of anilines is 1. The molecule has 19 heavy (non-hydrogen) atoms. The highest BCUT2D eigenvalue weighted by molar-refractivity contribution is 6.18. The van der Waals surface area contributed by atoms with Crippen LogP contribution in [0.25, 0.3) is 0 Å². The van der Waals surface area contributed by atoms with Crippen molar-refractivity contribution in [3.05, 3.63) is 23.9 Å². The van der Waals surface area contributed by atoms with Gasteiger partial charge in [-0.3, -0.25) is 0 Å². The van der Waals surface area contributed by atoms with Gasteiger partial charge in [0.1, 0.15) is 5.82 Å². The third-order valence-electron chi connectivity index (χ3n) is 3.53. The Labute approximate surface area is 115 Å². The van der Waals surface area contributed by atoms with Crippen molar-refractivity contribution in [3.63, 3.8) is 0 Å². The van der Waals surface area contributed by atoms with Gasteiger partial charge < -0.3 is 5.32 Å². The summed E-state index contributed by atoms with van der Waals surface area (Å²) in [5.74, 6) is 1.41. The summed E-state index contributed by atoms with van der Waals surface area (Å²) in [6.07, 6.45) is 0.847. The van der Waals surface area contributed by atoms with Crippen molar-refractivity contribution in [3.8, 4) is 0 Å². The van der Waals surface area contributed by atoms with Crippen LogP contribution in [0.2, 0.25) is 0 Å². The Morgan fingerprint density at radius 1 is 1.26 bits per heavy atom. The van der Waals surface area contributed by atoms with E-state index >= 15 is 0 Å². The minimum absolute atomic E-state index is 0.204. The number of alkyl halides is 4. The fraction of sp³-hybridized carbons (Fsp3) is 0.615. The molecule has 0 aliphatic heterocycles. The van der Waals surface area contributed by atoms with Gasteiger partial charge in [-0.2, -0.15) is 13.2 Å². The third-order valence-corrected chi connectivity index (χ3v) is 3.93. The predicted octanol–water partition coefficient (Wildman–Crippen LogP) is 4.31. The molecule has 2 rings (SSSR count). The summed E-state index contributed by atoms with van der Waals surface area (Å²) in [6.45, 7) is 0. The van der Waals surface area contributed by atoms with Crippen LogP contribution in [0.4, 0.5) is 19.0 Å². The summed E-state index contributed by atoms with van der Waals surface area (Å²) in [5.41, 5.74) is -0.726. The molecule has 1 saturated carbocycles. The van der Waals surface area contributed by atoms with Crippen LogP contribution in [0.15, 0.2) is 18.3 Å². The number of aromatic nitrogens is 1. The molecule has 1 aromatic heterocycles. The van der Waals surface area contributed by atoms with Crippen molar-refractivity contribution in [1.82, 2.24) is 4.98 Å². The summed E-state index contributed by atoms with van der Waals surface area (Å²) in [4.78, 5) is 3.83. The van der Waals surface area contributed by atoms with E-state index in [1.807, 2.05) is 0 Å². The zero-order valence-corrected chi connectivity index (χ0v) is 11.1. The molecule has 1 heterocycles. The summed E-state index contributed by atoms with van der Waals surface area (Å²) < 4.78 is 37.3. The first-order valence-electron chi connectivity index (χ1n) is 6.36.